The Morgan fingerprint density at radius 2 is 0.845 bits per heavy atom. The summed E-state index contributed by atoms with van der Waals surface area (Å²) < 4.78 is 7.51. The molecule has 116 heavy (non-hydrogen) atoms. The molecule has 29 nitrogen and oxygen atoms in total. The number of pyridine rings is 1. The van der Waals surface area contributed by atoms with Gasteiger partial charge in [-0.1, -0.05) is 135 Å². The molecule has 30 heteroatoms. The molecule has 16 N–H and O–H groups in total. The highest BCUT2D eigenvalue weighted by Gasteiger charge is 2.36. The second-order valence-electron chi connectivity index (χ2n) is 33.6. The van der Waals surface area contributed by atoms with Crippen LogP contribution in [0.15, 0.2) is 128 Å². The van der Waals surface area contributed by atoms with Crippen LogP contribution in [0.4, 0.5) is 46.5 Å². The molecule has 5 atom stereocenters. The van der Waals surface area contributed by atoms with Gasteiger partial charge in [0.25, 0.3) is 0 Å². The Morgan fingerprint density at radius 1 is 0.448 bits per heavy atom. The number of halogens is 1. The minimum absolute atomic E-state index is 0.0592. The van der Waals surface area contributed by atoms with E-state index in [0.29, 0.717) is 62.9 Å². The predicted molar refractivity (Wildman–Crippen MR) is 465 cm³/mol. The fraction of sp³-hybridized carbons (Fsp3) is 0.523. The molecular weight excluding hydrogens is 1480 g/mol. The Kier molecular flexibility index (Phi) is 28.8. The van der Waals surface area contributed by atoms with Crippen LogP contribution in [0.3, 0.4) is 0 Å². The Labute approximate surface area is 686 Å². The fourth-order valence-electron chi connectivity index (χ4n) is 15.8. The maximum absolute atomic E-state index is 10.3. The standard InChI is InChI=1S/C22H29ClN6O.C22H36N6O.C21H29N7O.C21H28N6O/c1-15(2)17-11-27-29-20(25-10-16-5-3-4-6-18(16)23)9-19(28-21(17)29)26-13-22(14-30)7-8-24-12-22;1-16(2)18-12-26-28-20(24-11-17-6-4-3-5-7-17)10-19(27-21(18)28)25-14-22(15-29)8-9-23-13-22;1-15(2)17-11-26-28-19(24-10-16-3-6-22-7-4-16)9-18(27-20(17)28)25-13-21(14-29)5-8-23-12-21;1-14(2)16-12-24-27-20(23-11-15-6-4-3-5-7-15)10-19(26-21(16)27)25-17-13-22-9-8-18(17)28/h3-6,9,11,15,24-25,30H,7-8,10,12-14H2,1-2H3,(H,26,28);10,12,16-17,23-24,29H,3-9,11,13-15H2,1-2H3,(H,25,27);3-4,6-7,9,11,15,23-24,29H,5,8,10,12-14H2,1-2H3,(H,25,27);3-7,10,12,14,17-18,22-23,28H,8-9,11,13H2,1-2H3,(H,25,26)/t2*22-;21-;17?,18-/m1111/s1. The molecule has 4 saturated heterocycles. The van der Waals surface area contributed by atoms with Gasteiger partial charge in [-0.3, -0.25) is 4.98 Å². The quantitative estimate of drug-likeness (QED) is 0.0199. The van der Waals surface area contributed by atoms with E-state index >= 15 is 0 Å². The van der Waals surface area contributed by atoms with Crippen LogP contribution in [0.25, 0.3) is 22.6 Å². The molecule has 1 unspecified atom stereocenters. The normalized spacial score (nSPS) is 20.3. The molecule has 13 heterocycles. The lowest BCUT2D eigenvalue weighted by Gasteiger charge is -2.29. The fourth-order valence-corrected chi connectivity index (χ4v) is 16.0. The highest BCUT2D eigenvalue weighted by Crippen LogP contribution is 2.34. The van der Waals surface area contributed by atoms with E-state index in [-0.39, 0.29) is 48.2 Å². The van der Waals surface area contributed by atoms with E-state index in [1.54, 1.807) is 12.4 Å². The number of rotatable bonds is 30. The first-order valence-corrected chi connectivity index (χ1v) is 42.2. The summed E-state index contributed by atoms with van der Waals surface area (Å²) in [6.45, 7) is 29.6. The Hall–Kier alpha value is -9.56. The van der Waals surface area contributed by atoms with Crippen molar-refractivity contribution in [1.29, 1.82) is 0 Å². The SMILES string of the molecule is CC(C)c1cnn2c(NCC3CCCCC3)cc(NC[C@@]3(CO)CCNC3)nc12.CC(C)c1cnn2c(NCc3ccccc3)cc(NC3CNCC[C@H]3O)nc12.CC(C)c1cnn2c(NCc3ccccc3Cl)cc(NC[C@@]3(CO)CCNC3)nc12.CC(C)c1cnn2c(NCc3ccncc3)cc(NC[C@@]3(CO)CCNC3)nc12. The van der Waals surface area contributed by atoms with Gasteiger partial charge in [0.1, 0.15) is 46.5 Å². The molecule has 9 aromatic heterocycles. The van der Waals surface area contributed by atoms with E-state index in [1.165, 1.54) is 37.7 Å². The highest BCUT2D eigenvalue weighted by molar-refractivity contribution is 6.31. The first kappa shape index (κ1) is 84.4. The molecule has 5 fully saturated rings. The van der Waals surface area contributed by atoms with E-state index in [1.807, 2.05) is 116 Å². The van der Waals surface area contributed by atoms with Gasteiger partial charge in [0.05, 0.1) is 56.8 Å². The van der Waals surface area contributed by atoms with Gasteiger partial charge >= 0.3 is 0 Å². The van der Waals surface area contributed by atoms with Crippen molar-refractivity contribution in [2.24, 2.45) is 22.2 Å². The van der Waals surface area contributed by atoms with Crippen LogP contribution in [-0.2, 0) is 19.6 Å². The lowest BCUT2D eigenvalue weighted by atomic mass is 9.88. The maximum atomic E-state index is 10.3. The van der Waals surface area contributed by atoms with Crippen LogP contribution in [0.1, 0.15) is 176 Å². The van der Waals surface area contributed by atoms with Crippen LogP contribution in [0.2, 0.25) is 5.02 Å². The number of piperidine rings is 1. The molecule has 0 spiro atoms. The third-order valence-corrected chi connectivity index (χ3v) is 23.8. The van der Waals surface area contributed by atoms with E-state index < -0.39 is 0 Å². The summed E-state index contributed by atoms with van der Waals surface area (Å²) in [7, 11) is 0. The van der Waals surface area contributed by atoms with Crippen molar-refractivity contribution < 1.29 is 20.4 Å². The monoisotopic (exact) mass is 1600 g/mol. The molecule has 16 rings (SSSR count). The zero-order valence-electron chi connectivity index (χ0n) is 68.7. The van der Waals surface area contributed by atoms with Crippen molar-refractivity contribution in [3.05, 3.63) is 172 Å². The van der Waals surface area contributed by atoms with Crippen LogP contribution in [0.5, 0.6) is 0 Å². The van der Waals surface area contributed by atoms with Crippen LogP contribution >= 0.6 is 11.6 Å². The largest absolute Gasteiger partial charge is 0.396 e. The number of nitrogens with zero attached hydrogens (tertiary/aromatic N) is 13. The first-order chi connectivity index (χ1) is 56.3. The van der Waals surface area contributed by atoms with Gasteiger partial charge in [-0.15, -0.1) is 0 Å². The lowest BCUT2D eigenvalue weighted by Crippen LogP contribution is -2.48. The van der Waals surface area contributed by atoms with Gasteiger partial charge in [0.15, 0.2) is 22.6 Å². The molecule has 0 radical (unpaired) electrons. The summed E-state index contributed by atoms with van der Waals surface area (Å²) in [6.07, 6.45) is 21.1. The number of fused-ring (bicyclic) bond motifs is 4. The number of nitrogens with one attached hydrogen (secondary N) is 12. The third kappa shape index (κ3) is 21.0. The van der Waals surface area contributed by atoms with Crippen LogP contribution in [-0.4, -0.2) is 194 Å². The van der Waals surface area contributed by atoms with E-state index in [2.05, 4.69) is 163 Å². The predicted octanol–water partition coefficient (Wildman–Crippen LogP) is 11.6. The summed E-state index contributed by atoms with van der Waals surface area (Å²) in [4.78, 5) is 23.4. The van der Waals surface area contributed by atoms with Crippen LogP contribution < -0.4 is 63.8 Å². The summed E-state index contributed by atoms with van der Waals surface area (Å²) in [5.41, 5.74) is 10.9. The Bertz CT molecular complexity index is 4910. The van der Waals surface area contributed by atoms with Crippen molar-refractivity contribution in [1.82, 2.24) is 84.6 Å². The summed E-state index contributed by atoms with van der Waals surface area (Å²) in [6, 6.07) is 30.0. The Morgan fingerprint density at radius 3 is 1.25 bits per heavy atom. The maximum Gasteiger partial charge on any atom is 0.163 e. The molecule has 1 aliphatic carbocycles. The van der Waals surface area contributed by atoms with E-state index in [0.717, 1.165) is 198 Å². The third-order valence-electron chi connectivity index (χ3n) is 23.5. The number of aliphatic hydroxyl groups is 4. The molecule has 622 valence electrons. The van der Waals surface area contributed by atoms with Crippen molar-refractivity contribution in [3.8, 4) is 0 Å². The number of hydrogen-bond acceptors (Lipinski definition) is 25. The molecule has 11 aromatic rings. The van der Waals surface area contributed by atoms with Crippen molar-refractivity contribution >= 4 is 80.7 Å². The number of aromatic nitrogens is 13. The van der Waals surface area contributed by atoms with Crippen molar-refractivity contribution in [2.45, 2.75) is 169 Å². The van der Waals surface area contributed by atoms with Crippen molar-refractivity contribution in [3.63, 3.8) is 0 Å². The van der Waals surface area contributed by atoms with Gasteiger partial charge < -0.3 is 84.2 Å². The number of benzene rings is 2. The minimum Gasteiger partial charge on any atom is -0.396 e. The van der Waals surface area contributed by atoms with E-state index in [4.69, 9.17) is 31.5 Å². The second kappa shape index (κ2) is 39.6. The van der Waals surface area contributed by atoms with E-state index in [9.17, 15) is 20.4 Å². The zero-order chi connectivity index (χ0) is 81.2. The second-order valence-corrected chi connectivity index (χ2v) is 34.0. The number of hydrogen-bond donors (Lipinski definition) is 16. The molecular formula is C86H122ClN25O4. The number of anilines is 8. The van der Waals surface area contributed by atoms with Gasteiger partial charge in [-0.2, -0.15) is 38.5 Å². The molecule has 4 aliphatic heterocycles. The average molecular weight is 1610 g/mol. The zero-order valence-corrected chi connectivity index (χ0v) is 69.5. The van der Waals surface area contributed by atoms with Gasteiger partial charge in [0, 0.05) is 152 Å². The van der Waals surface area contributed by atoms with Gasteiger partial charge in [0.2, 0.25) is 0 Å². The summed E-state index contributed by atoms with van der Waals surface area (Å²) >= 11 is 6.32. The molecule has 2 aromatic carbocycles. The summed E-state index contributed by atoms with van der Waals surface area (Å²) in [5, 5.41) is 100. The smallest absolute Gasteiger partial charge is 0.163 e. The minimum atomic E-state index is -0.380. The van der Waals surface area contributed by atoms with Crippen molar-refractivity contribution in [2.75, 3.05) is 141 Å². The number of aliphatic hydroxyl groups excluding tert-OH is 4. The van der Waals surface area contributed by atoms with Crippen LogP contribution in [0, 0.1) is 22.2 Å². The van der Waals surface area contributed by atoms with Gasteiger partial charge in [-0.05, 0) is 129 Å². The molecule has 1 saturated carbocycles. The van der Waals surface area contributed by atoms with Gasteiger partial charge in [-0.25, -0.2) is 19.9 Å². The molecule has 5 aliphatic rings. The lowest BCUT2D eigenvalue weighted by molar-refractivity contribution is 0.124. The molecule has 0 bridgehead atoms. The molecule has 0 amide bonds. The average Bonchev–Trinajstić information content (AvgIpc) is 1.61. The summed E-state index contributed by atoms with van der Waals surface area (Å²) in [5.74, 6) is 8.82. The highest BCUT2D eigenvalue weighted by atomic mass is 35.5. The first-order valence-electron chi connectivity index (χ1n) is 41.8. The Balaban J connectivity index is 0.000000135. The topological polar surface area (TPSA) is 359 Å².